The van der Waals surface area contributed by atoms with Crippen molar-refractivity contribution in [2.75, 3.05) is 35.7 Å². The molecule has 0 aliphatic carbocycles. The van der Waals surface area contributed by atoms with Crippen LogP contribution in [-0.2, 0) is 0 Å². The van der Waals surface area contributed by atoms with Gasteiger partial charge >= 0.3 is 0 Å². The first-order chi connectivity index (χ1) is 7.74. The number of nitrogen functional groups attached to an aromatic ring is 1. The van der Waals surface area contributed by atoms with Crippen molar-refractivity contribution < 1.29 is 5.11 Å². The molecule has 0 aromatic carbocycles. The van der Waals surface area contributed by atoms with E-state index in [0.717, 1.165) is 41.5 Å². The minimum Gasteiger partial charge on any atom is -0.397 e. The highest BCUT2D eigenvalue weighted by atomic mass is 32.2. The minimum atomic E-state index is 0.277. The molecular formula is C11H19N3OS. The van der Waals surface area contributed by atoms with E-state index in [-0.39, 0.29) is 6.61 Å². The Kier molecular flexibility index (Phi) is 6.03. The number of nitrogens with zero attached hydrogens (tertiary/aromatic N) is 1. The van der Waals surface area contributed by atoms with Crippen LogP contribution < -0.4 is 11.1 Å². The Hall–Kier alpha value is -0.940. The molecular weight excluding hydrogens is 222 g/mol. The van der Waals surface area contributed by atoms with Crippen LogP contribution in [0.4, 0.5) is 11.5 Å². The van der Waals surface area contributed by atoms with Crippen molar-refractivity contribution in [2.45, 2.75) is 13.3 Å². The maximum absolute atomic E-state index is 8.61. The number of nitrogens with one attached hydrogen (secondary N) is 1. The third-order valence-electron chi connectivity index (χ3n) is 2.15. The summed E-state index contributed by atoms with van der Waals surface area (Å²) < 4.78 is 0. The third kappa shape index (κ3) is 4.72. The second-order valence-electron chi connectivity index (χ2n) is 3.54. The monoisotopic (exact) mass is 241 g/mol. The number of hydrogen-bond donors (Lipinski definition) is 3. The number of aromatic nitrogens is 1. The van der Waals surface area contributed by atoms with Crippen molar-refractivity contribution in [3.63, 3.8) is 0 Å². The van der Waals surface area contributed by atoms with E-state index in [1.54, 1.807) is 6.20 Å². The van der Waals surface area contributed by atoms with Crippen LogP contribution in [0.3, 0.4) is 0 Å². The fraction of sp³-hybridized carbons (Fsp3) is 0.545. The zero-order chi connectivity index (χ0) is 11.8. The lowest BCUT2D eigenvalue weighted by molar-refractivity contribution is 0.296. The molecule has 1 heterocycles. The summed E-state index contributed by atoms with van der Waals surface area (Å²) in [5.74, 6) is 2.90. The SMILES string of the molecule is Cc1cc(NCCSCCCO)ncc1N. The Morgan fingerprint density at radius 2 is 2.31 bits per heavy atom. The van der Waals surface area contributed by atoms with E-state index < -0.39 is 0 Å². The molecule has 0 saturated carbocycles. The second kappa shape index (κ2) is 7.35. The van der Waals surface area contributed by atoms with E-state index in [1.165, 1.54) is 0 Å². The molecule has 1 aromatic heterocycles. The van der Waals surface area contributed by atoms with Gasteiger partial charge in [-0.2, -0.15) is 11.8 Å². The highest BCUT2D eigenvalue weighted by Gasteiger charge is 1.97. The quantitative estimate of drug-likeness (QED) is 0.631. The Labute approximate surface area is 101 Å². The summed E-state index contributed by atoms with van der Waals surface area (Å²) in [6.07, 6.45) is 2.54. The standard InChI is InChI=1S/C11H19N3OS/c1-9-7-11(14-8-10(9)12)13-3-6-16-5-2-4-15/h7-8,15H,2-6,12H2,1H3,(H,13,14). The molecule has 1 aromatic rings. The van der Waals surface area contributed by atoms with Crippen LogP contribution in [0, 0.1) is 6.92 Å². The van der Waals surface area contributed by atoms with Crippen LogP contribution in [0.2, 0.25) is 0 Å². The van der Waals surface area contributed by atoms with Gasteiger partial charge in [0.05, 0.1) is 11.9 Å². The molecule has 0 atom stereocenters. The largest absolute Gasteiger partial charge is 0.397 e. The van der Waals surface area contributed by atoms with Crippen molar-refractivity contribution in [3.05, 3.63) is 17.8 Å². The van der Waals surface area contributed by atoms with Gasteiger partial charge in [0.1, 0.15) is 5.82 Å². The molecule has 90 valence electrons. The number of nitrogens with two attached hydrogens (primary N) is 1. The van der Waals surface area contributed by atoms with Crippen LogP contribution in [-0.4, -0.2) is 34.7 Å². The Balaban J connectivity index is 2.19. The van der Waals surface area contributed by atoms with Gasteiger partial charge in [-0.1, -0.05) is 0 Å². The minimum absolute atomic E-state index is 0.277. The van der Waals surface area contributed by atoms with Crippen molar-refractivity contribution >= 4 is 23.3 Å². The topological polar surface area (TPSA) is 71.2 Å². The number of anilines is 2. The molecule has 4 N–H and O–H groups in total. The summed E-state index contributed by atoms with van der Waals surface area (Å²) in [5, 5.41) is 11.8. The first kappa shape index (κ1) is 13.1. The highest BCUT2D eigenvalue weighted by Crippen LogP contribution is 2.13. The zero-order valence-electron chi connectivity index (χ0n) is 9.57. The Morgan fingerprint density at radius 1 is 1.50 bits per heavy atom. The van der Waals surface area contributed by atoms with Gasteiger partial charge in [0.15, 0.2) is 0 Å². The molecule has 0 unspecified atom stereocenters. The van der Waals surface area contributed by atoms with Gasteiger partial charge in [-0.25, -0.2) is 4.98 Å². The Bertz CT molecular complexity index is 320. The van der Waals surface area contributed by atoms with Gasteiger partial charge in [0, 0.05) is 18.9 Å². The van der Waals surface area contributed by atoms with Crippen LogP contribution in [0.15, 0.2) is 12.3 Å². The summed E-state index contributed by atoms with van der Waals surface area (Å²) >= 11 is 1.83. The number of aryl methyl sites for hydroxylation is 1. The van der Waals surface area contributed by atoms with Crippen LogP contribution in [0.25, 0.3) is 0 Å². The van der Waals surface area contributed by atoms with Crippen LogP contribution >= 0.6 is 11.8 Å². The van der Waals surface area contributed by atoms with Crippen molar-refractivity contribution in [1.29, 1.82) is 0 Å². The third-order valence-corrected chi connectivity index (χ3v) is 3.22. The fourth-order valence-electron chi connectivity index (χ4n) is 1.18. The molecule has 1 rings (SSSR count). The number of pyridine rings is 1. The lowest BCUT2D eigenvalue weighted by Crippen LogP contribution is -2.07. The summed E-state index contributed by atoms with van der Waals surface area (Å²) in [6, 6.07) is 1.95. The summed E-state index contributed by atoms with van der Waals surface area (Å²) in [4.78, 5) is 4.19. The molecule has 0 aliphatic heterocycles. The van der Waals surface area contributed by atoms with Crippen molar-refractivity contribution in [2.24, 2.45) is 0 Å². The van der Waals surface area contributed by atoms with Crippen LogP contribution in [0.1, 0.15) is 12.0 Å². The number of rotatable bonds is 7. The van der Waals surface area contributed by atoms with Gasteiger partial charge in [-0.15, -0.1) is 0 Å². The van der Waals surface area contributed by atoms with E-state index in [9.17, 15) is 0 Å². The Morgan fingerprint density at radius 3 is 3.00 bits per heavy atom. The van der Waals surface area contributed by atoms with E-state index in [0.29, 0.717) is 0 Å². The molecule has 0 radical (unpaired) electrons. The number of aliphatic hydroxyl groups is 1. The molecule has 0 saturated heterocycles. The molecule has 5 heteroatoms. The molecule has 0 bridgehead atoms. The average Bonchev–Trinajstić information content (AvgIpc) is 2.28. The summed E-state index contributed by atoms with van der Waals surface area (Å²) in [5.41, 5.74) is 7.45. The normalized spacial score (nSPS) is 10.4. The maximum Gasteiger partial charge on any atom is 0.126 e. The van der Waals surface area contributed by atoms with Gasteiger partial charge in [0.25, 0.3) is 0 Å². The van der Waals surface area contributed by atoms with E-state index in [2.05, 4.69) is 10.3 Å². The number of hydrogen-bond acceptors (Lipinski definition) is 5. The van der Waals surface area contributed by atoms with E-state index in [1.807, 2.05) is 24.8 Å². The van der Waals surface area contributed by atoms with Gasteiger partial charge in [-0.05, 0) is 30.7 Å². The maximum atomic E-state index is 8.61. The summed E-state index contributed by atoms with van der Waals surface area (Å²) in [6.45, 7) is 3.13. The zero-order valence-corrected chi connectivity index (χ0v) is 10.4. The average molecular weight is 241 g/mol. The molecule has 0 aliphatic rings. The van der Waals surface area contributed by atoms with Crippen molar-refractivity contribution in [1.82, 2.24) is 4.98 Å². The van der Waals surface area contributed by atoms with Gasteiger partial charge < -0.3 is 16.2 Å². The fourth-order valence-corrected chi connectivity index (χ4v) is 1.97. The lowest BCUT2D eigenvalue weighted by atomic mass is 10.2. The van der Waals surface area contributed by atoms with E-state index >= 15 is 0 Å². The first-order valence-electron chi connectivity index (χ1n) is 5.38. The molecule has 0 fully saturated rings. The number of aliphatic hydroxyl groups excluding tert-OH is 1. The molecule has 4 nitrogen and oxygen atoms in total. The van der Waals surface area contributed by atoms with Gasteiger partial charge in [-0.3, -0.25) is 0 Å². The lowest BCUT2D eigenvalue weighted by Gasteiger charge is -2.07. The predicted molar refractivity (Wildman–Crippen MR) is 70.9 cm³/mol. The molecule has 0 spiro atoms. The smallest absolute Gasteiger partial charge is 0.126 e. The molecule has 16 heavy (non-hydrogen) atoms. The second-order valence-corrected chi connectivity index (χ2v) is 4.77. The van der Waals surface area contributed by atoms with E-state index in [4.69, 9.17) is 10.8 Å². The van der Waals surface area contributed by atoms with Gasteiger partial charge in [0.2, 0.25) is 0 Å². The van der Waals surface area contributed by atoms with Crippen molar-refractivity contribution in [3.8, 4) is 0 Å². The van der Waals surface area contributed by atoms with Crippen LogP contribution in [0.5, 0.6) is 0 Å². The predicted octanol–water partition coefficient (Wildman–Crippen LogP) is 1.50. The molecule has 0 amide bonds. The number of thioether (sulfide) groups is 1. The highest BCUT2D eigenvalue weighted by molar-refractivity contribution is 7.99. The first-order valence-corrected chi connectivity index (χ1v) is 6.54. The summed E-state index contributed by atoms with van der Waals surface area (Å²) in [7, 11) is 0.